The number of benzene rings is 1. The number of para-hydroxylation sites is 1. The lowest BCUT2D eigenvalue weighted by Gasteiger charge is -2.09. The van der Waals surface area contributed by atoms with E-state index in [-0.39, 0.29) is 36.0 Å². The number of anilines is 1. The first-order valence-corrected chi connectivity index (χ1v) is 10.8. The van der Waals surface area contributed by atoms with Crippen molar-refractivity contribution in [2.75, 3.05) is 24.7 Å². The van der Waals surface area contributed by atoms with E-state index in [1.807, 2.05) is 0 Å². The van der Waals surface area contributed by atoms with Crippen molar-refractivity contribution in [1.82, 2.24) is 10.3 Å². The molecule has 0 saturated heterocycles. The largest absolute Gasteiger partial charge is 0.451 e. The number of carbonyl (C=O) groups excluding carboxylic acids is 1. The maximum Gasteiger partial charge on any atom is 0.417 e. The number of halogens is 3. The summed E-state index contributed by atoms with van der Waals surface area (Å²) >= 11 is 0. The fourth-order valence-electron chi connectivity index (χ4n) is 2.80. The summed E-state index contributed by atoms with van der Waals surface area (Å²) in [5.74, 6) is -0.805. The van der Waals surface area contributed by atoms with Gasteiger partial charge in [0.2, 0.25) is 0 Å². The molecule has 160 valence electrons. The van der Waals surface area contributed by atoms with Gasteiger partial charge in [0.1, 0.15) is 11.4 Å². The van der Waals surface area contributed by atoms with Crippen LogP contribution in [-0.2, 0) is 21.8 Å². The lowest BCUT2D eigenvalue weighted by molar-refractivity contribution is -0.137. The van der Waals surface area contributed by atoms with Crippen LogP contribution in [0.5, 0.6) is 0 Å². The van der Waals surface area contributed by atoms with E-state index in [9.17, 15) is 26.4 Å². The first-order valence-electron chi connectivity index (χ1n) is 8.78. The Labute approximate surface area is 170 Å². The van der Waals surface area contributed by atoms with Gasteiger partial charge in [-0.05, 0) is 18.2 Å². The highest BCUT2D eigenvalue weighted by molar-refractivity contribution is 7.89. The Bertz CT molecular complexity index is 1160. The minimum absolute atomic E-state index is 0.0886. The third-order valence-corrected chi connectivity index (χ3v) is 4.93. The standard InChI is InChI=1S/C19H18F3N3O4S/c1-30(27,28)11-14-13-4-2-3-5-15(13)29-17(14)18(26)24-9-8-23-16-7-6-12(10-25-16)19(20,21)22/h2-7,10H,8-9,11H2,1H3,(H,23,25)(H,24,26). The van der Waals surface area contributed by atoms with Crippen molar-refractivity contribution in [1.29, 1.82) is 0 Å². The Morgan fingerprint density at radius 1 is 1.13 bits per heavy atom. The van der Waals surface area contributed by atoms with Gasteiger partial charge < -0.3 is 15.1 Å². The number of furan rings is 1. The smallest absolute Gasteiger partial charge is 0.417 e. The number of nitrogens with zero attached hydrogens (tertiary/aromatic N) is 1. The Hall–Kier alpha value is -3.08. The molecule has 2 heterocycles. The molecule has 0 unspecified atom stereocenters. The molecule has 0 saturated carbocycles. The molecule has 0 aliphatic heterocycles. The van der Waals surface area contributed by atoms with E-state index >= 15 is 0 Å². The van der Waals surface area contributed by atoms with Crippen LogP contribution in [-0.4, -0.2) is 38.7 Å². The van der Waals surface area contributed by atoms with Crippen molar-refractivity contribution < 1.29 is 30.8 Å². The summed E-state index contributed by atoms with van der Waals surface area (Å²) in [5.41, 5.74) is -0.180. The van der Waals surface area contributed by atoms with Crippen molar-refractivity contribution in [3.63, 3.8) is 0 Å². The SMILES string of the molecule is CS(=O)(=O)Cc1c(C(=O)NCCNc2ccc(C(F)(F)F)cn2)oc2ccccc12. The number of hydrogen-bond acceptors (Lipinski definition) is 6. The number of fused-ring (bicyclic) bond motifs is 1. The van der Waals surface area contributed by atoms with Gasteiger partial charge in [0, 0.05) is 36.5 Å². The van der Waals surface area contributed by atoms with Crippen LogP contribution in [0, 0.1) is 0 Å². The lowest BCUT2D eigenvalue weighted by atomic mass is 10.1. The maximum atomic E-state index is 12.5. The van der Waals surface area contributed by atoms with Crippen LogP contribution in [0.1, 0.15) is 21.7 Å². The van der Waals surface area contributed by atoms with E-state index in [1.54, 1.807) is 24.3 Å². The average molecular weight is 441 g/mol. The molecule has 0 aliphatic carbocycles. The van der Waals surface area contributed by atoms with Gasteiger partial charge in [-0.2, -0.15) is 13.2 Å². The topological polar surface area (TPSA) is 101 Å². The molecule has 2 N–H and O–H groups in total. The van der Waals surface area contributed by atoms with Crippen molar-refractivity contribution in [3.8, 4) is 0 Å². The third kappa shape index (κ3) is 5.29. The highest BCUT2D eigenvalue weighted by atomic mass is 32.2. The molecule has 1 amide bonds. The molecular formula is C19H18F3N3O4S. The molecule has 0 fully saturated rings. The van der Waals surface area contributed by atoms with Crippen LogP contribution in [0.3, 0.4) is 0 Å². The first-order chi connectivity index (χ1) is 14.0. The van der Waals surface area contributed by atoms with Crippen LogP contribution >= 0.6 is 0 Å². The Morgan fingerprint density at radius 2 is 1.87 bits per heavy atom. The summed E-state index contributed by atoms with van der Waals surface area (Å²) in [6.07, 6.45) is -2.68. The highest BCUT2D eigenvalue weighted by Crippen LogP contribution is 2.29. The summed E-state index contributed by atoms with van der Waals surface area (Å²) < 4.78 is 66.7. The number of hydrogen-bond donors (Lipinski definition) is 2. The van der Waals surface area contributed by atoms with Gasteiger partial charge in [0.25, 0.3) is 5.91 Å². The molecule has 7 nitrogen and oxygen atoms in total. The molecule has 0 aliphatic rings. The molecule has 3 rings (SSSR count). The Kier molecular flexibility index (Phi) is 6.01. The maximum absolute atomic E-state index is 12.5. The van der Waals surface area contributed by atoms with E-state index in [0.717, 1.165) is 12.3 Å². The van der Waals surface area contributed by atoms with Gasteiger partial charge in [0.15, 0.2) is 15.6 Å². The molecule has 0 spiro atoms. The van der Waals surface area contributed by atoms with E-state index < -0.39 is 27.5 Å². The number of alkyl halides is 3. The fraction of sp³-hybridized carbons (Fsp3) is 0.263. The monoisotopic (exact) mass is 441 g/mol. The molecule has 30 heavy (non-hydrogen) atoms. The number of pyridine rings is 1. The zero-order chi connectivity index (χ0) is 21.9. The van der Waals surface area contributed by atoms with Gasteiger partial charge in [-0.3, -0.25) is 4.79 Å². The molecule has 11 heteroatoms. The number of aromatic nitrogens is 1. The predicted octanol–water partition coefficient (Wildman–Crippen LogP) is 3.23. The molecule has 0 bridgehead atoms. The Morgan fingerprint density at radius 3 is 2.50 bits per heavy atom. The minimum atomic E-state index is -4.46. The molecule has 2 aromatic heterocycles. The third-order valence-electron chi connectivity index (χ3n) is 4.12. The predicted molar refractivity (Wildman–Crippen MR) is 105 cm³/mol. The Balaban J connectivity index is 1.64. The van der Waals surface area contributed by atoms with Crippen LogP contribution in [0.2, 0.25) is 0 Å². The van der Waals surface area contributed by atoms with Gasteiger partial charge in [-0.1, -0.05) is 18.2 Å². The molecule has 1 aromatic carbocycles. The number of rotatable bonds is 7. The van der Waals surface area contributed by atoms with Gasteiger partial charge in [-0.25, -0.2) is 13.4 Å². The number of nitrogens with one attached hydrogen (secondary N) is 2. The zero-order valence-electron chi connectivity index (χ0n) is 15.8. The van der Waals surface area contributed by atoms with Crippen LogP contribution < -0.4 is 10.6 Å². The normalized spacial score (nSPS) is 12.1. The van der Waals surface area contributed by atoms with Gasteiger partial charge in [-0.15, -0.1) is 0 Å². The molecule has 3 aromatic rings. The second kappa shape index (κ2) is 8.34. The molecular weight excluding hydrogens is 423 g/mol. The van der Waals surface area contributed by atoms with Gasteiger partial charge >= 0.3 is 6.18 Å². The van der Waals surface area contributed by atoms with Crippen LogP contribution in [0.15, 0.2) is 47.0 Å². The fourth-order valence-corrected chi connectivity index (χ4v) is 3.61. The number of amides is 1. The summed E-state index contributed by atoms with van der Waals surface area (Å²) in [7, 11) is -3.41. The van der Waals surface area contributed by atoms with Crippen molar-refractivity contribution in [2.24, 2.45) is 0 Å². The van der Waals surface area contributed by atoms with Crippen molar-refractivity contribution in [3.05, 3.63) is 59.5 Å². The van der Waals surface area contributed by atoms with Crippen molar-refractivity contribution >= 4 is 32.5 Å². The summed E-state index contributed by atoms with van der Waals surface area (Å²) in [6.45, 7) is 0.294. The summed E-state index contributed by atoms with van der Waals surface area (Å²) in [4.78, 5) is 16.2. The highest BCUT2D eigenvalue weighted by Gasteiger charge is 2.30. The van der Waals surface area contributed by atoms with E-state index in [1.165, 1.54) is 6.07 Å². The van der Waals surface area contributed by atoms with E-state index in [0.29, 0.717) is 17.2 Å². The number of carbonyl (C=O) groups is 1. The zero-order valence-corrected chi connectivity index (χ0v) is 16.6. The van der Waals surface area contributed by atoms with E-state index in [4.69, 9.17) is 4.42 Å². The number of sulfone groups is 1. The van der Waals surface area contributed by atoms with Crippen molar-refractivity contribution in [2.45, 2.75) is 11.9 Å². The quantitative estimate of drug-likeness (QED) is 0.546. The lowest BCUT2D eigenvalue weighted by Crippen LogP contribution is -2.29. The van der Waals surface area contributed by atoms with Crippen LogP contribution in [0.4, 0.5) is 19.0 Å². The summed E-state index contributed by atoms with van der Waals surface area (Å²) in [5, 5.41) is 5.93. The summed E-state index contributed by atoms with van der Waals surface area (Å²) in [6, 6.07) is 8.82. The van der Waals surface area contributed by atoms with Gasteiger partial charge in [0.05, 0.1) is 11.3 Å². The second-order valence-electron chi connectivity index (χ2n) is 6.59. The molecule has 0 radical (unpaired) electrons. The average Bonchev–Trinajstić information content (AvgIpc) is 3.02. The molecule has 0 atom stereocenters. The first kappa shape index (κ1) is 21.6. The van der Waals surface area contributed by atoms with E-state index in [2.05, 4.69) is 15.6 Å². The minimum Gasteiger partial charge on any atom is -0.451 e. The van der Waals surface area contributed by atoms with Crippen LogP contribution in [0.25, 0.3) is 11.0 Å². The second-order valence-corrected chi connectivity index (χ2v) is 8.73.